The Morgan fingerprint density at radius 2 is 2.17 bits per heavy atom. The van der Waals surface area contributed by atoms with Crippen molar-refractivity contribution in [2.45, 2.75) is 40.0 Å². The minimum atomic E-state index is -0.384. The maximum absolute atomic E-state index is 12.0. The number of carbonyl (C=O) groups is 1. The van der Waals surface area contributed by atoms with E-state index < -0.39 is 0 Å². The van der Waals surface area contributed by atoms with Crippen molar-refractivity contribution >= 4 is 11.7 Å². The van der Waals surface area contributed by atoms with Crippen molar-refractivity contribution < 1.29 is 9.53 Å². The number of hydrogen-bond donors (Lipinski definition) is 1. The lowest BCUT2D eigenvalue weighted by Gasteiger charge is -2.11. The number of nitrogens with two attached hydrogens (primary N) is 1. The van der Waals surface area contributed by atoms with Gasteiger partial charge in [0.2, 0.25) is 0 Å². The fourth-order valence-corrected chi connectivity index (χ4v) is 1.96. The molecule has 0 aliphatic carbocycles. The average Bonchev–Trinajstić information content (AvgIpc) is 2.61. The predicted octanol–water partition coefficient (Wildman–Crippen LogP) is 2.16. The zero-order chi connectivity index (χ0) is 13.7. The summed E-state index contributed by atoms with van der Waals surface area (Å²) in [5, 5.41) is 4.20. The second-order valence-electron chi connectivity index (χ2n) is 4.68. The van der Waals surface area contributed by atoms with Crippen LogP contribution in [0.25, 0.3) is 0 Å². The van der Waals surface area contributed by atoms with E-state index in [0.29, 0.717) is 30.3 Å². The molecule has 1 aromatic rings. The molecule has 1 unspecified atom stereocenters. The summed E-state index contributed by atoms with van der Waals surface area (Å²) < 4.78 is 6.78. The number of rotatable bonds is 6. The SMILES string of the molecule is CCCC(C)COC(=O)c1c(N)c(CC)nn1C. The number of anilines is 1. The van der Waals surface area contributed by atoms with Crippen LogP contribution >= 0.6 is 0 Å². The first-order chi connectivity index (χ1) is 8.51. The largest absolute Gasteiger partial charge is 0.461 e. The molecule has 18 heavy (non-hydrogen) atoms. The van der Waals surface area contributed by atoms with Gasteiger partial charge in [-0.05, 0) is 18.8 Å². The lowest BCUT2D eigenvalue weighted by molar-refractivity contribution is 0.0432. The van der Waals surface area contributed by atoms with Crippen LogP contribution in [0.4, 0.5) is 5.69 Å². The number of ether oxygens (including phenoxy) is 1. The number of aromatic nitrogens is 2. The average molecular weight is 253 g/mol. The molecule has 0 fully saturated rings. The Morgan fingerprint density at radius 3 is 2.67 bits per heavy atom. The van der Waals surface area contributed by atoms with E-state index in [1.807, 2.05) is 6.92 Å². The molecule has 0 amide bonds. The van der Waals surface area contributed by atoms with Gasteiger partial charge in [0.25, 0.3) is 0 Å². The van der Waals surface area contributed by atoms with Gasteiger partial charge in [0.1, 0.15) is 0 Å². The molecular formula is C13H23N3O2. The van der Waals surface area contributed by atoms with Crippen LogP contribution < -0.4 is 5.73 Å². The first-order valence-corrected chi connectivity index (χ1v) is 6.49. The molecule has 0 aliphatic rings. The van der Waals surface area contributed by atoms with E-state index in [0.717, 1.165) is 18.5 Å². The minimum Gasteiger partial charge on any atom is -0.461 e. The van der Waals surface area contributed by atoms with Gasteiger partial charge in [-0.25, -0.2) is 4.79 Å². The summed E-state index contributed by atoms with van der Waals surface area (Å²) in [5.41, 5.74) is 7.43. The molecule has 5 heteroatoms. The minimum absolute atomic E-state index is 0.357. The number of carbonyl (C=O) groups excluding carboxylic acids is 1. The highest BCUT2D eigenvalue weighted by molar-refractivity contribution is 5.93. The highest BCUT2D eigenvalue weighted by Gasteiger charge is 2.20. The van der Waals surface area contributed by atoms with E-state index >= 15 is 0 Å². The lowest BCUT2D eigenvalue weighted by Crippen LogP contribution is -2.16. The first-order valence-electron chi connectivity index (χ1n) is 6.49. The molecular weight excluding hydrogens is 230 g/mol. The monoisotopic (exact) mass is 253 g/mol. The fourth-order valence-electron chi connectivity index (χ4n) is 1.96. The van der Waals surface area contributed by atoms with Gasteiger partial charge in [-0.15, -0.1) is 0 Å². The molecule has 0 aromatic carbocycles. The first kappa shape index (κ1) is 14.5. The summed E-state index contributed by atoms with van der Waals surface area (Å²) in [4.78, 5) is 12.0. The summed E-state index contributed by atoms with van der Waals surface area (Å²) in [7, 11) is 1.71. The van der Waals surface area contributed by atoms with E-state index in [2.05, 4.69) is 18.9 Å². The van der Waals surface area contributed by atoms with E-state index in [4.69, 9.17) is 10.5 Å². The van der Waals surface area contributed by atoms with Gasteiger partial charge in [-0.1, -0.05) is 27.2 Å². The van der Waals surface area contributed by atoms with Crippen LogP contribution in [0.5, 0.6) is 0 Å². The molecule has 1 atom stereocenters. The van der Waals surface area contributed by atoms with Crippen LogP contribution in [0.1, 0.15) is 49.8 Å². The molecule has 102 valence electrons. The van der Waals surface area contributed by atoms with Crippen molar-refractivity contribution in [3.05, 3.63) is 11.4 Å². The molecule has 0 saturated carbocycles. The van der Waals surface area contributed by atoms with Crippen LogP contribution in [0.2, 0.25) is 0 Å². The van der Waals surface area contributed by atoms with Gasteiger partial charge in [-0.3, -0.25) is 4.68 Å². The standard InChI is InChI=1S/C13H23N3O2/c1-5-7-9(3)8-18-13(17)12-11(14)10(6-2)15-16(12)4/h9H,5-8,14H2,1-4H3. The smallest absolute Gasteiger partial charge is 0.358 e. The third kappa shape index (κ3) is 3.24. The third-order valence-corrected chi connectivity index (χ3v) is 2.97. The fraction of sp³-hybridized carbons (Fsp3) is 0.692. The molecule has 2 N–H and O–H groups in total. The van der Waals surface area contributed by atoms with Crippen molar-refractivity contribution in [1.29, 1.82) is 0 Å². The van der Waals surface area contributed by atoms with Crippen molar-refractivity contribution in [3.8, 4) is 0 Å². The van der Waals surface area contributed by atoms with Crippen LogP contribution in [-0.4, -0.2) is 22.4 Å². The Morgan fingerprint density at radius 1 is 1.50 bits per heavy atom. The predicted molar refractivity (Wildman–Crippen MR) is 71.4 cm³/mol. The summed E-state index contributed by atoms with van der Waals surface area (Å²) in [6, 6.07) is 0. The normalized spacial score (nSPS) is 12.4. The summed E-state index contributed by atoms with van der Waals surface area (Å²) in [6.07, 6.45) is 2.85. The maximum Gasteiger partial charge on any atom is 0.358 e. The van der Waals surface area contributed by atoms with Crippen LogP contribution in [0.3, 0.4) is 0 Å². The van der Waals surface area contributed by atoms with Crippen LogP contribution in [0, 0.1) is 5.92 Å². The summed E-state index contributed by atoms with van der Waals surface area (Å²) >= 11 is 0. The van der Waals surface area contributed by atoms with E-state index in [9.17, 15) is 4.79 Å². The maximum atomic E-state index is 12.0. The number of nitrogen functional groups attached to an aromatic ring is 1. The second-order valence-corrected chi connectivity index (χ2v) is 4.68. The zero-order valence-electron chi connectivity index (χ0n) is 11.7. The second kappa shape index (κ2) is 6.42. The third-order valence-electron chi connectivity index (χ3n) is 2.97. The van der Waals surface area contributed by atoms with Gasteiger partial charge >= 0.3 is 5.97 Å². The van der Waals surface area contributed by atoms with E-state index in [-0.39, 0.29) is 5.97 Å². The van der Waals surface area contributed by atoms with E-state index in [1.54, 1.807) is 7.05 Å². The Labute approximate surface area is 108 Å². The van der Waals surface area contributed by atoms with Crippen molar-refractivity contribution in [3.63, 3.8) is 0 Å². The van der Waals surface area contributed by atoms with Crippen LogP contribution in [0.15, 0.2) is 0 Å². The molecule has 0 bridgehead atoms. The Bertz CT molecular complexity index is 413. The zero-order valence-corrected chi connectivity index (χ0v) is 11.7. The molecule has 0 radical (unpaired) electrons. The molecule has 1 aromatic heterocycles. The highest BCUT2D eigenvalue weighted by Crippen LogP contribution is 2.18. The quantitative estimate of drug-likeness (QED) is 0.789. The Balaban J connectivity index is 2.70. The number of esters is 1. The molecule has 5 nitrogen and oxygen atoms in total. The van der Waals surface area contributed by atoms with Crippen molar-refractivity contribution in [2.75, 3.05) is 12.3 Å². The van der Waals surface area contributed by atoms with Crippen molar-refractivity contribution in [2.24, 2.45) is 13.0 Å². The summed E-state index contributed by atoms with van der Waals surface area (Å²) in [5.74, 6) is -0.01000. The van der Waals surface area contributed by atoms with Gasteiger partial charge in [0.15, 0.2) is 5.69 Å². The van der Waals surface area contributed by atoms with E-state index in [1.165, 1.54) is 4.68 Å². The summed E-state index contributed by atoms with van der Waals surface area (Å²) in [6.45, 7) is 6.57. The Hall–Kier alpha value is -1.52. The topological polar surface area (TPSA) is 70.1 Å². The number of aryl methyl sites for hydroxylation is 2. The Kier molecular flexibility index (Phi) is 5.19. The molecule has 1 rings (SSSR count). The van der Waals surface area contributed by atoms with Gasteiger partial charge in [0, 0.05) is 7.05 Å². The highest BCUT2D eigenvalue weighted by atomic mass is 16.5. The molecule has 0 aliphatic heterocycles. The van der Waals surface area contributed by atoms with Gasteiger partial charge in [-0.2, -0.15) is 5.10 Å². The van der Waals surface area contributed by atoms with Crippen LogP contribution in [-0.2, 0) is 18.2 Å². The van der Waals surface area contributed by atoms with Crippen molar-refractivity contribution in [1.82, 2.24) is 9.78 Å². The lowest BCUT2D eigenvalue weighted by atomic mass is 10.1. The number of hydrogen-bond acceptors (Lipinski definition) is 4. The molecule has 1 heterocycles. The van der Waals surface area contributed by atoms with Gasteiger partial charge in [0.05, 0.1) is 18.0 Å². The van der Waals surface area contributed by atoms with Gasteiger partial charge < -0.3 is 10.5 Å². The number of nitrogens with zero attached hydrogens (tertiary/aromatic N) is 2. The molecule has 0 saturated heterocycles. The molecule has 0 spiro atoms.